The maximum Gasteiger partial charge on any atom is 0.147 e. The number of benzene rings is 1. The molecule has 3 rings (SSSR count). The van der Waals surface area contributed by atoms with Gasteiger partial charge in [0.25, 0.3) is 0 Å². The van der Waals surface area contributed by atoms with Crippen molar-refractivity contribution in [2.75, 3.05) is 13.7 Å². The predicted octanol–water partition coefficient (Wildman–Crippen LogP) is 0.761. The SMILES string of the molecule is COc1ccc(CN)cc1CN1CCn2cnnc2C1. The number of hydrogen-bond acceptors (Lipinski definition) is 5. The average molecular weight is 273 g/mol. The Bertz CT molecular complexity index is 595. The summed E-state index contributed by atoms with van der Waals surface area (Å²) in [6, 6.07) is 6.12. The van der Waals surface area contributed by atoms with Gasteiger partial charge in [0, 0.05) is 31.7 Å². The zero-order valence-corrected chi connectivity index (χ0v) is 11.6. The van der Waals surface area contributed by atoms with E-state index in [9.17, 15) is 0 Å². The van der Waals surface area contributed by atoms with Gasteiger partial charge in [-0.25, -0.2) is 0 Å². The van der Waals surface area contributed by atoms with E-state index in [0.717, 1.165) is 43.3 Å². The molecule has 0 aliphatic carbocycles. The summed E-state index contributed by atoms with van der Waals surface area (Å²) < 4.78 is 7.54. The second kappa shape index (κ2) is 5.60. The molecule has 20 heavy (non-hydrogen) atoms. The maximum absolute atomic E-state index is 5.72. The topological polar surface area (TPSA) is 69.2 Å². The fourth-order valence-electron chi connectivity index (χ4n) is 2.57. The molecule has 0 saturated heterocycles. The summed E-state index contributed by atoms with van der Waals surface area (Å²) in [5.74, 6) is 1.93. The summed E-state index contributed by atoms with van der Waals surface area (Å²) >= 11 is 0. The quantitative estimate of drug-likeness (QED) is 0.890. The molecule has 1 aliphatic rings. The van der Waals surface area contributed by atoms with Crippen LogP contribution in [0.15, 0.2) is 24.5 Å². The van der Waals surface area contributed by atoms with Crippen molar-refractivity contribution in [1.82, 2.24) is 19.7 Å². The number of methoxy groups -OCH3 is 1. The molecule has 0 unspecified atom stereocenters. The Morgan fingerprint density at radius 1 is 1.35 bits per heavy atom. The van der Waals surface area contributed by atoms with Gasteiger partial charge in [-0.15, -0.1) is 10.2 Å². The Morgan fingerprint density at radius 3 is 3.05 bits per heavy atom. The standard InChI is InChI=1S/C14H19N5O/c1-20-13-3-2-11(7-15)6-12(13)8-18-4-5-19-10-16-17-14(19)9-18/h2-3,6,10H,4-5,7-9,15H2,1H3. The lowest BCUT2D eigenvalue weighted by Gasteiger charge is -2.27. The van der Waals surface area contributed by atoms with E-state index in [-0.39, 0.29) is 0 Å². The molecular formula is C14H19N5O. The molecule has 2 heterocycles. The number of fused-ring (bicyclic) bond motifs is 1. The minimum Gasteiger partial charge on any atom is -0.496 e. The Labute approximate surface area is 118 Å². The lowest BCUT2D eigenvalue weighted by molar-refractivity contribution is 0.206. The van der Waals surface area contributed by atoms with Gasteiger partial charge in [-0.05, 0) is 17.7 Å². The van der Waals surface area contributed by atoms with Crippen molar-refractivity contribution in [3.63, 3.8) is 0 Å². The first-order chi connectivity index (χ1) is 9.80. The third kappa shape index (κ3) is 2.52. The van der Waals surface area contributed by atoms with Gasteiger partial charge < -0.3 is 15.0 Å². The zero-order chi connectivity index (χ0) is 13.9. The predicted molar refractivity (Wildman–Crippen MR) is 75.0 cm³/mol. The maximum atomic E-state index is 5.72. The van der Waals surface area contributed by atoms with Crippen molar-refractivity contribution in [2.24, 2.45) is 5.73 Å². The van der Waals surface area contributed by atoms with E-state index >= 15 is 0 Å². The van der Waals surface area contributed by atoms with Crippen molar-refractivity contribution < 1.29 is 4.74 Å². The number of rotatable bonds is 4. The van der Waals surface area contributed by atoms with Gasteiger partial charge in [0.15, 0.2) is 0 Å². The van der Waals surface area contributed by atoms with E-state index in [2.05, 4.69) is 25.7 Å². The Kier molecular flexibility index (Phi) is 3.66. The Morgan fingerprint density at radius 2 is 2.25 bits per heavy atom. The number of aromatic nitrogens is 3. The van der Waals surface area contributed by atoms with Crippen molar-refractivity contribution in [1.29, 1.82) is 0 Å². The average Bonchev–Trinajstić information content (AvgIpc) is 2.94. The zero-order valence-electron chi connectivity index (χ0n) is 11.6. The second-order valence-corrected chi connectivity index (χ2v) is 5.00. The van der Waals surface area contributed by atoms with E-state index in [1.165, 1.54) is 5.56 Å². The fraction of sp³-hybridized carbons (Fsp3) is 0.429. The lowest BCUT2D eigenvalue weighted by atomic mass is 10.1. The summed E-state index contributed by atoms with van der Waals surface area (Å²) in [5.41, 5.74) is 8.01. The van der Waals surface area contributed by atoms with Crippen LogP contribution in [0.3, 0.4) is 0 Å². The van der Waals surface area contributed by atoms with Crippen LogP contribution < -0.4 is 10.5 Å². The smallest absolute Gasteiger partial charge is 0.147 e. The molecule has 106 valence electrons. The number of nitrogens with zero attached hydrogens (tertiary/aromatic N) is 4. The van der Waals surface area contributed by atoms with Crippen LogP contribution in [0.4, 0.5) is 0 Å². The molecular weight excluding hydrogens is 254 g/mol. The highest BCUT2D eigenvalue weighted by atomic mass is 16.5. The van der Waals surface area contributed by atoms with Gasteiger partial charge in [0.05, 0.1) is 13.7 Å². The molecule has 6 nitrogen and oxygen atoms in total. The molecule has 0 saturated carbocycles. The molecule has 2 aromatic rings. The van der Waals surface area contributed by atoms with Gasteiger partial charge in [-0.2, -0.15) is 0 Å². The monoisotopic (exact) mass is 273 g/mol. The molecule has 2 N–H and O–H groups in total. The number of ether oxygens (including phenoxy) is 1. The molecule has 1 aromatic heterocycles. The van der Waals surface area contributed by atoms with Crippen LogP contribution in [-0.4, -0.2) is 33.3 Å². The van der Waals surface area contributed by atoms with Crippen LogP contribution in [0.25, 0.3) is 0 Å². The van der Waals surface area contributed by atoms with E-state index < -0.39 is 0 Å². The van der Waals surface area contributed by atoms with Crippen LogP contribution in [0, 0.1) is 0 Å². The van der Waals surface area contributed by atoms with Crippen LogP contribution in [-0.2, 0) is 26.2 Å². The summed E-state index contributed by atoms with van der Waals surface area (Å²) in [4.78, 5) is 2.35. The summed E-state index contributed by atoms with van der Waals surface area (Å²) in [7, 11) is 1.70. The van der Waals surface area contributed by atoms with Crippen LogP contribution in [0.5, 0.6) is 5.75 Å². The molecule has 0 spiro atoms. The van der Waals surface area contributed by atoms with Gasteiger partial charge in [-0.3, -0.25) is 4.90 Å². The summed E-state index contributed by atoms with van der Waals surface area (Å²) in [6.45, 7) is 4.12. The highest BCUT2D eigenvalue weighted by molar-refractivity contribution is 5.37. The van der Waals surface area contributed by atoms with E-state index in [0.29, 0.717) is 6.54 Å². The minimum atomic E-state index is 0.547. The highest BCUT2D eigenvalue weighted by Crippen LogP contribution is 2.23. The summed E-state index contributed by atoms with van der Waals surface area (Å²) in [5, 5.41) is 8.10. The van der Waals surface area contributed by atoms with Gasteiger partial charge in [-0.1, -0.05) is 6.07 Å². The molecule has 0 fully saturated rings. The molecule has 0 radical (unpaired) electrons. The largest absolute Gasteiger partial charge is 0.496 e. The van der Waals surface area contributed by atoms with Gasteiger partial charge in [0.2, 0.25) is 0 Å². The fourth-order valence-corrected chi connectivity index (χ4v) is 2.57. The van der Waals surface area contributed by atoms with Crippen LogP contribution in [0.2, 0.25) is 0 Å². The van der Waals surface area contributed by atoms with E-state index in [1.54, 1.807) is 13.4 Å². The lowest BCUT2D eigenvalue weighted by Crippen LogP contribution is -2.33. The van der Waals surface area contributed by atoms with Crippen molar-refractivity contribution in [2.45, 2.75) is 26.2 Å². The molecule has 1 aromatic carbocycles. The van der Waals surface area contributed by atoms with Crippen molar-refractivity contribution >= 4 is 0 Å². The first-order valence-electron chi connectivity index (χ1n) is 6.75. The molecule has 0 amide bonds. The third-order valence-corrected chi connectivity index (χ3v) is 3.69. The Hall–Kier alpha value is -1.92. The first kappa shape index (κ1) is 13.1. The highest BCUT2D eigenvalue weighted by Gasteiger charge is 2.18. The number of nitrogens with two attached hydrogens (primary N) is 1. The first-order valence-corrected chi connectivity index (χ1v) is 6.75. The molecule has 6 heteroatoms. The van der Waals surface area contributed by atoms with Crippen molar-refractivity contribution in [3.8, 4) is 5.75 Å². The minimum absolute atomic E-state index is 0.547. The van der Waals surface area contributed by atoms with Crippen molar-refractivity contribution in [3.05, 3.63) is 41.5 Å². The third-order valence-electron chi connectivity index (χ3n) is 3.69. The molecule has 0 bridgehead atoms. The number of hydrogen-bond donors (Lipinski definition) is 1. The normalized spacial score (nSPS) is 15.1. The summed E-state index contributed by atoms with van der Waals surface area (Å²) in [6.07, 6.45) is 1.79. The van der Waals surface area contributed by atoms with E-state index in [4.69, 9.17) is 10.5 Å². The Balaban J connectivity index is 1.78. The van der Waals surface area contributed by atoms with Gasteiger partial charge >= 0.3 is 0 Å². The van der Waals surface area contributed by atoms with E-state index in [1.807, 2.05) is 12.1 Å². The molecule has 0 atom stereocenters. The molecule has 1 aliphatic heterocycles. The second-order valence-electron chi connectivity index (χ2n) is 5.00. The van der Waals surface area contributed by atoms with Crippen LogP contribution in [0.1, 0.15) is 17.0 Å². The van der Waals surface area contributed by atoms with Gasteiger partial charge in [0.1, 0.15) is 17.9 Å². The van der Waals surface area contributed by atoms with Crippen LogP contribution >= 0.6 is 0 Å².